The number of benzene rings is 2. The average molecular weight is 535 g/mol. The van der Waals surface area contributed by atoms with Crippen molar-refractivity contribution < 1.29 is 17.0 Å². The van der Waals surface area contributed by atoms with Crippen molar-refractivity contribution in [1.82, 2.24) is 9.13 Å². The van der Waals surface area contributed by atoms with Crippen LogP contribution >= 0.6 is 18.6 Å². The Morgan fingerprint density at radius 1 is 0.600 bits per heavy atom. The third kappa shape index (κ3) is 6.02. The number of hydrogen-bond acceptors (Lipinski definition) is 0. The van der Waals surface area contributed by atoms with Crippen molar-refractivity contribution in [3.63, 3.8) is 0 Å². The van der Waals surface area contributed by atoms with E-state index < -0.39 is 17.0 Å². The Morgan fingerprint density at radius 2 is 0.971 bits per heavy atom. The van der Waals surface area contributed by atoms with Gasteiger partial charge in [0.1, 0.15) is 0 Å². The van der Waals surface area contributed by atoms with Crippen LogP contribution in [-0.4, -0.2) is 9.13 Å². The SMILES string of the molecule is Cc1cc(C)n(-c2cc3ccccc3[cH-]2)c1.Cc1cc(C)n(-c2cc3ccccc3[cH-]2)c1.[Cl][Ti][Cl]. The van der Waals surface area contributed by atoms with Gasteiger partial charge in [-0.3, -0.25) is 0 Å². The topological polar surface area (TPSA) is 9.86 Å². The van der Waals surface area contributed by atoms with E-state index in [-0.39, 0.29) is 0 Å². The second kappa shape index (κ2) is 11.5. The molecular formula is C30H28Cl2N2Ti-2. The zero-order valence-corrected chi connectivity index (χ0v) is 23.5. The third-order valence-electron chi connectivity index (χ3n) is 6.06. The van der Waals surface area contributed by atoms with E-state index in [1.807, 2.05) is 0 Å². The van der Waals surface area contributed by atoms with Crippen LogP contribution in [0.2, 0.25) is 0 Å². The molecule has 0 aliphatic rings. The molecule has 2 aromatic heterocycles. The summed E-state index contributed by atoms with van der Waals surface area (Å²) in [5.74, 6) is 0. The van der Waals surface area contributed by atoms with E-state index >= 15 is 0 Å². The second-order valence-corrected chi connectivity index (χ2v) is 11.4. The fourth-order valence-corrected chi connectivity index (χ4v) is 4.59. The molecule has 4 aromatic carbocycles. The minimum absolute atomic E-state index is 0.556. The van der Waals surface area contributed by atoms with E-state index in [1.165, 1.54) is 55.4 Å². The molecule has 0 saturated carbocycles. The van der Waals surface area contributed by atoms with Gasteiger partial charge in [-0.2, -0.15) is 0 Å². The summed E-state index contributed by atoms with van der Waals surface area (Å²) < 4.78 is 4.49. The summed E-state index contributed by atoms with van der Waals surface area (Å²) in [6.45, 7) is 8.55. The van der Waals surface area contributed by atoms with E-state index in [4.69, 9.17) is 18.6 Å². The van der Waals surface area contributed by atoms with Crippen molar-refractivity contribution in [3.8, 4) is 11.4 Å². The van der Waals surface area contributed by atoms with Gasteiger partial charge in [0.05, 0.1) is 0 Å². The molecule has 0 fully saturated rings. The number of aryl methyl sites for hydroxylation is 4. The Labute approximate surface area is 224 Å². The second-order valence-electron chi connectivity index (χ2n) is 8.81. The molecule has 0 bridgehead atoms. The van der Waals surface area contributed by atoms with Gasteiger partial charge < -0.3 is 9.13 Å². The maximum absolute atomic E-state index is 4.89. The first-order valence-electron chi connectivity index (χ1n) is 11.5. The monoisotopic (exact) mass is 534 g/mol. The Balaban J connectivity index is 0.000000149. The van der Waals surface area contributed by atoms with Crippen molar-refractivity contribution in [2.75, 3.05) is 0 Å². The van der Waals surface area contributed by atoms with Crippen LogP contribution in [-0.2, 0) is 17.0 Å². The molecule has 6 aromatic rings. The molecule has 2 heterocycles. The van der Waals surface area contributed by atoms with Crippen LogP contribution in [0.3, 0.4) is 0 Å². The molecule has 2 nitrogen and oxygen atoms in total. The predicted molar refractivity (Wildman–Crippen MR) is 148 cm³/mol. The number of nitrogens with zero attached hydrogens (tertiary/aromatic N) is 2. The molecule has 0 aliphatic heterocycles. The van der Waals surface area contributed by atoms with Crippen molar-refractivity contribution in [2.24, 2.45) is 0 Å². The Morgan fingerprint density at radius 3 is 1.29 bits per heavy atom. The summed E-state index contributed by atoms with van der Waals surface area (Å²) in [6, 6.07) is 30.3. The first-order valence-corrected chi connectivity index (χ1v) is 15.8. The van der Waals surface area contributed by atoms with Crippen molar-refractivity contribution in [1.29, 1.82) is 0 Å². The molecule has 0 radical (unpaired) electrons. The molecule has 178 valence electrons. The van der Waals surface area contributed by atoms with E-state index in [0.717, 1.165) is 0 Å². The van der Waals surface area contributed by atoms with Crippen LogP contribution in [0.1, 0.15) is 22.5 Å². The number of fused-ring (bicyclic) bond motifs is 2. The van der Waals surface area contributed by atoms with Crippen molar-refractivity contribution in [2.45, 2.75) is 27.7 Å². The van der Waals surface area contributed by atoms with Crippen LogP contribution < -0.4 is 0 Å². The summed E-state index contributed by atoms with van der Waals surface area (Å²) in [7, 11) is 9.78. The van der Waals surface area contributed by atoms with Gasteiger partial charge in [-0.05, 0) is 62.3 Å². The standard InChI is InChI=1S/2C15H14N.2ClH.Ti/c2*1-11-7-12(2)16(10-11)15-8-13-5-3-4-6-14(13)9-15;;;/h2*3-10H,1-2H3;2*1H;/q2*-1;;;+2/p-2. The fraction of sp³-hybridized carbons (Fsp3) is 0.133. The molecule has 35 heavy (non-hydrogen) atoms. The average Bonchev–Trinajstić information content (AvgIpc) is 3.59. The summed E-state index contributed by atoms with van der Waals surface area (Å²) in [5.41, 5.74) is 7.70. The first kappa shape index (κ1) is 25.6. The zero-order valence-electron chi connectivity index (χ0n) is 20.4. The first-order chi connectivity index (χ1) is 16.9. The van der Waals surface area contributed by atoms with E-state index in [2.05, 4.69) is 134 Å². The molecule has 0 atom stereocenters. The molecule has 0 aliphatic carbocycles. The Hall–Kier alpha value is -2.49. The molecule has 0 amide bonds. The number of rotatable bonds is 2. The van der Waals surface area contributed by atoms with Gasteiger partial charge in [0.2, 0.25) is 0 Å². The van der Waals surface area contributed by atoms with Crippen LogP contribution in [0.15, 0.2) is 97.3 Å². The van der Waals surface area contributed by atoms with Gasteiger partial charge in [0.15, 0.2) is 0 Å². The molecule has 0 unspecified atom stereocenters. The number of hydrogen-bond donors (Lipinski definition) is 0. The number of halogens is 2. The van der Waals surface area contributed by atoms with Crippen molar-refractivity contribution >= 4 is 40.2 Å². The van der Waals surface area contributed by atoms with Gasteiger partial charge in [-0.15, -0.1) is 82.2 Å². The Kier molecular flexibility index (Phi) is 8.41. The molecule has 0 spiro atoms. The summed E-state index contributed by atoms with van der Waals surface area (Å²) in [5, 5.41) is 5.23. The van der Waals surface area contributed by atoms with Gasteiger partial charge >= 0.3 is 35.6 Å². The normalized spacial score (nSPS) is 10.6. The summed E-state index contributed by atoms with van der Waals surface area (Å²) >= 11 is -0.556. The van der Waals surface area contributed by atoms with Crippen LogP contribution in [0.4, 0.5) is 0 Å². The van der Waals surface area contributed by atoms with E-state index in [0.29, 0.717) is 0 Å². The molecule has 0 N–H and O–H groups in total. The maximum atomic E-state index is 4.89. The van der Waals surface area contributed by atoms with Gasteiger partial charge in [-0.25, -0.2) is 0 Å². The quantitative estimate of drug-likeness (QED) is 0.155. The fourth-order valence-electron chi connectivity index (χ4n) is 4.59. The summed E-state index contributed by atoms with van der Waals surface area (Å²) in [6.07, 6.45) is 4.37. The predicted octanol–water partition coefficient (Wildman–Crippen LogP) is 9.31. The zero-order chi connectivity index (χ0) is 24.9. The van der Waals surface area contributed by atoms with Gasteiger partial charge in [0, 0.05) is 23.8 Å². The molecular weight excluding hydrogens is 507 g/mol. The van der Waals surface area contributed by atoms with Crippen LogP contribution in [0.25, 0.3) is 32.9 Å². The third-order valence-corrected chi connectivity index (χ3v) is 6.06. The van der Waals surface area contributed by atoms with Gasteiger partial charge in [-0.1, -0.05) is 12.1 Å². The van der Waals surface area contributed by atoms with Crippen LogP contribution in [0, 0.1) is 27.7 Å². The Bertz CT molecular complexity index is 1370. The van der Waals surface area contributed by atoms with E-state index in [1.54, 1.807) is 0 Å². The minimum atomic E-state index is -0.556. The molecule has 5 heteroatoms. The van der Waals surface area contributed by atoms with Crippen molar-refractivity contribution in [3.05, 3.63) is 120 Å². The van der Waals surface area contributed by atoms with Gasteiger partial charge in [0.25, 0.3) is 0 Å². The number of aromatic nitrogens is 2. The molecule has 6 rings (SSSR count). The van der Waals surface area contributed by atoms with Crippen LogP contribution in [0.5, 0.6) is 0 Å². The van der Waals surface area contributed by atoms with E-state index in [9.17, 15) is 0 Å². The molecule has 0 saturated heterocycles. The summed E-state index contributed by atoms with van der Waals surface area (Å²) in [4.78, 5) is 0.